The highest BCUT2D eigenvalue weighted by atomic mass is 19.4. The van der Waals surface area contributed by atoms with Gasteiger partial charge < -0.3 is 4.74 Å². The van der Waals surface area contributed by atoms with Crippen molar-refractivity contribution in [3.8, 4) is 0 Å². The molecule has 0 spiro atoms. The number of rotatable bonds is 4. The third-order valence-electron chi connectivity index (χ3n) is 4.35. The van der Waals surface area contributed by atoms with Crippen LogP contribution in [0, 0.1) is 0 Å². The van der Waals surface area contributed by atoms with E-state index in [0.29, 0.717) is 18.7 Å². The van der Waals surface area contributed by atoms with E-state index in [9.17, 15) is 18.0 Å². The lowest BCUT2D eigenvalue weighted by Crippen LogP contribution is -2.33. The molecular weight excluding hydrogens is 379 g/mol. The summed E-state index contributed by atoms with van der Waals surface area (Å²) in [5.74, 6) is 0. The summed E-state index contributed by atoms with van der Waals surface area (Å²) in [6.45, 7) is 9.52. The molecule has 1 aliphatic heterocycles. The van der Waals surface area contributed by atoms with E-state index in [1.54, 1.807) is 69.9 Å². The van der Waals surface area contributed by atoms with Gasteiger partial charge in [-0.15, -0.1) is 0 Å². The summed E-state index contributed by atoms with van der Waals surface area (Å²) in [6, 6.07) is 5.21. The Hall–Kier alpha value is -2.50. The number of hydrogen-bond donors (Lipinski definition) is 0. The monoisotopic (exact) mass is 407 g/mol. The summed E-state index contributed by atoms with van der Waals surface area (Å²) < 4.78 is 46.4. The highest BCUT2D eigenvalue weighted by Crippen LogP contribution is 2.38. The first-order valence-corrected chi connectivity index (χ1v) is 9.67. The van der Waals surface area contributed by atoms with Gasteiger partial charge in [-0.1, -0.05) is 43.4 Å². The minimum absolute atomic E-state index is 0.121. The number of alkyl halides is 3. The lowest BCUT2D eigenvalue weighted by atomic mass is 9.93. The topological polar surface area (TPSA) is 29.5 Å². The molecule has 1 aromatic carbocycles. The Kier molecular flexibility index (Phi) is 6.98. The normalized spacial score (nSPS) is 15.8. The van der Waals surface area contributed by atoms with Gasteiger partial charge in [0.1, 0.15) is 5.60 Å². The van der Waals surface area contributed by atoms with E-state index >= 15 is 0 Å². The second-order valence-corrected chi connectivity index (χ2v) is 7.95. The Morgan fingerprint density at radius 2 is 1.83 bits per heavy atom. The summed E-state index contributed by atoms with van der Waals surface area (Å²) in [5.41, 5.74) is 1.09. The van der Waals surface area contributed by atoms with Gasteiger partial charge in [0.2, 0.25) is 0 Å². The van der Waals surface area contributed by atoms with Crippen LogP contribution in [0.1, 0.15) is 57.7 Å². The van der Waals surface area contributed by atoms with Gasteiger partial charge in [-0.3, -0.25) is 4.90 Å². The molecule has 3 nitrogen and oxygen atoms in total. The Balaban J connectivity index is 2.38. The van der Waals surface area contributed by atoms with Crippen LogP contribution in [-0.2, 0) is 17.8 Å². The number of allylic oxidation sites excluding steroid dienone is 6. The SMILES string of the molecule is C\C=C/C=C(\C(=C\CC)C(F)(F)F)c1ccc2c(c1)CN(C(=O)OC(C)(C)C)C2. The van der Waals surface area contributed by atoms with Crippen LogP contribution in [0.15, 0.2) is 48.1 Å². The molecule has 1 aromatic rings. The van der Waals surface area contributed by atoms with Gasteiger partial charge in [0, 0.05) is 13.1 Å². The third-order valence-corrected chi connectivity index (χ3v) is 4.35. The maximum absolute atomic E-state index is 13.7. The molecule has 158 valence electrons. The van der Waals surface area contributed by atoms with Crippen LogP contribution >= 0.6 is 0 Å². The molecule has 1 aliphatic rings. The molecule has 6 heteroatoms. The van der Waals surface area contributed by atoms with Crippen LogP contribution in [0.3, 0.4) is 0 Å². The summed E-state index contributed by atoms with van der Waals surface area (Å²) in [4.78, 5) is 13.9. The number of hydrogen-bond acceptors (Lipinski definition) is 2. The smallest absolute Gasteiger partial charge is 0.416 e. The molecule has 0 unspecified atom stereocenters. The number of carbonyl (C=O) groups excluding carboxylic acids is 1. The van der Waals surface area contributed by atoms with Gasteiger partial charge in [-0.05, 0) is 62.4 Å². The lowest BCUT2D eigenvalue weighted by Gasteiger charge is -2.24. The number of fused-ring (bicyclic) bond motifs is 1. The molecule has 0 fully saturated rings. The zero-order valence-electron chi connectivity index (χ0n) is 17.6. The van der Waals surface area contributed by atoms with E-state index in [1.807, 2.05) is 0 Å². The van der Waals surface area contributed by atoms with Crippen molar-refractivity contribution in [1.82, 2.24) is 4.90 Å². The van der Waals surface area contributed by atoms with Gasteiger partial charge in [-0.2, -0.15) is 13.2 Å². The number of ether oxygens (including phenoxy) is 1. The third kappa shape index (κ3) is 5.99. The molecule has 0 radical (unpaired) electrons. The predicted octanol–water partition coefficient (Wildman–Crippen LogP) is 6.80. The Bertz CT molecular complexity index is 843. The fourth-order valence-corrected chi connectivity index (χ4v) is 3.13. The van der Waals surface area contributed by atoms with Crippen molar-refractivity contribution >= 4 is 11.7 Å². The van der Waals surface area contributed by atoms with Gasteiger partial charge in [-0.25, -0.2) is 4.79 Å². The van der Waals surface area contributed by atoms with Crippen molar-refractivity contribution < 1.29 is 22.7 Å². The number of carbonyl (C=O) groups is 1. The van der Waals surface area contributed by atoms with E-state index < -0.39 is 23.4 Å². The molecule has 0 bridgehead atoms. The van der Waals surface area contributed by atoms with Crippen LogP contribution in [-0.4, -0.2) is 22.8 Å². The Morgan fingerprint density at radius 3 is 2.38 bits per heavy atom. The van der Waals surface area contributed by atoms with Crippen molar-refractivity contribution in [2.24, 2.45) is 0 Å². The van der Waals surface area contributed by atoms with Gasteiger partial charge >= 0.3 is 12.3 Å². The molecular formula is C23H28F3NO2. The molecule has 2 rings (SSSR count). The van der Waals surface area contributed by atoms with Crippen LogP contribution < -0.4 is 0 Å². The van der Waals surface area contributed by atoms with Gasteiger partial charge in [0.15, 0.2) is 0 Å². The number of halogens is 3. The average Bonchev–Trinajstić information content (AvgIpc) is 3.02. The molecule has 1 amide bonds. The van der Waals surface area contributed by atoms with Crippen LogP contribution in [0.4, 0.5) is 18.0 Å². The fraction of sp³-hybridized carbons (Fsp3) is 0.435. The van der Waals surface area contributed by atoms with Crippen molar-refractivity contribution in [2.75, 3.05) is 0 Å². The van der Waals surface area contributed by atoms with Crippen LogP contribution in [0.5, 0.6) is 0 Å². The van der Waals surface area contributed by atoms with Gasteiger partial charge in [0.05, 0.1) is 5.57 Å². The summed E-state index contributed by atoms with van der Waals surface area (Å²) in [6.07, 6.45) is 1.38. The van der Waals surface area contributed by atoms with Crippen molar-refractivity contribution in [3.63, 3.8) is 0 Å². The first kappa shape index (κ1) is 22.8. The molecule has 29 heavy (non-hydrogen) atoms. The van der Waals surface area contributed by atoms with E-state index in [0.717, 1.165) is 11.1 Å². The minimum Gasteiger partial charge on any atom is -0.444 e. The number of amides is 1. The molecule has 0 saturated carbocycles. The van der Waals surface area contributed by atoms with E-state index in [4.69, 9.17) is 4.74 Å². The van der Waals surface area contributed by atoms with Crippen LogP contribution in [0.25, 0.3) is 5.57 Å². The van der Waals surface area contributed by atoms with Crippen molar-refractivity contribution in [2.45, 2.75) is 65.9 Å². The Morgan fingerprint density at radius 1 is 1.17 bits per heavy atom. The molecule has 0 N–H and O–H groups in total. The summed E-state index contributed by atoms with van der Waals surface area (Å²) in [5, 5.41) is 0. The average molecular weight is 407 g/mol. The van der Waals surface area contributed by atoms with Crippen LogP contribution in [0.2, 0.25) is 0 Å². The van der Waals surface area contributed by atoms with E-state index in [2.05, 4.69) is 0 Å². The van der Waals surface area contributed by atoms with E-state index in [1.165, 1.54) is 12.2 Å². The first-order chi connectivity index (χ1) is 13.5. The second kappa shape index (κ2) is 8.89. The molecule has 0 saturated heterocycles. The molecule has 0 aliphatic carbocycles. The molecule has 1 heterocycles. The maximum atomic E-state index is 13.7. The maximum Gasteiger partial charge on any atom is 0.416 e. The fourth-order valence-electron chi connectivity index (χ4n) is 3.13. The van der Waals surface area contributed by atoms with Gasteiger partial charge in [0.25, 0.3) is 0 Å². The predicted molar refractivity (Wildman–Crippen MR) is 109 cm³/mol. The lowest BCUT2D eigenvalue weighted by molar-refractivity contribution is -0.0873. The number of benzene rings is 1. The zero-order valence-corrected chi connectivity index (χ0v) is 17.6. The number of nitrogens with zero attached hydrogens (tertiary/aromatic N) is 1. The molecule has 0 atom stereocenters. The summed E-state index contributed by atoms with van der Waals surface area (Å²) >= 11 is 0. The second-order valence-electron chi connectivity index (χ2n) is 7.95. The molecule has 0 aromatic heterocycles. The van der Waals surface area contributed by atoms with Crippen molar-refractivity contribution in [1.29, 1.82) is 0 Å². The minimum atomic E-state index is -4.45. The van der Waals surface area contributed by atoms with E-state index in [-0.39, 0.29) is 12.0 Å². The van der Waals surface area contributed by atoms with Crippen molar-refractivity contribution in [3.05, 3.63) is 64.8 Å². The standard InChI is InChI=1S/C23H28F3NO2/c1-6-8-10-19(20(9-7-2)23(24,25)26)16-11-12-17-14-27(15-18(17)13-16)21(28)29-22(3,4)5/h6,8-13H,7,14-15H2,1-5H3/b8-6-,19-10-,20-9-. The Labute approximate surface area is 170 Å². The highest BCUT2D eigenvalue weighted by molar-refractivity contribution is 5.82. The zero-order chi connectivity index (χ0) is 21.8. The highest BCUT2D eigenvalue weighted by Gasteiger charge is 2.36. The summed E-state index contributed by atoms with van der Waals surface area (Å²) in [7, 11) is 0. The quantitative estimate of drug-likeness (QED) is 0.514. The largest absolute Gasteiger partial charge is 0.444 e. The first-order valence-electron chi connectivity index (χ1n) is 9.67.